The molecule has 122 valence electrons. The Morgan fingerprint density at radius 1 is 1.30 bits per heavy atom. The summed E-state index contributed by atoms with van der Waals surface area (Å²) in [5.74, 6) is 0.0874. The summed E-state index contributed by atoms with van der Waals surface area (Å²) in [5.41, 5.74) is 1.06. The maximum atomic E-state index is 11.6. The molecule has 1 heterocycles. The van der Waals surface area contributed by atoms with Gasteiger partial charge in [0.25, 0.3) is 5.91 Å². The van der Waals surface area contributed by atoms with Crippen molar-refractivity contribution in [3.05, 3.63) is 29.5 Å². The highest BCUT2D eigenvalue weighted by atomic mass is 32.1. The first-order valence-corrected chi connectivity index (χ1v) is 7.24. The molecule has 1 saturated heterocycles. The quantitative estimate of drug-likeness (QED) is 0.455. The van der Waals surface area contributed by atoms with E-state index in [0.29, 0.717) is 29.4 Å². The normalized spacial score (nSPS) is 15.1. The summed E-state index contributed by atoms with van der Waals surface area (Å²) in [6.45, 7) is 1.81. The van der Waals surface area contributed by atoms with Gasteiger partial charge in [0.2, 0.25) is 0 Å². The summed E-state index contributed by atoms with van der Waals surface area (Å²) in [5, 5.41) is 5.50. The van der Waals surface area contributed by atoms with E-state index in [1.807, 2.05) is 0 Å². The van der Waals surface area contributed by atoms with Gasteiger partial charge in [0, 0.05) is 0 Å². The monoisotopic (exact) mass is 336 g/mol. The fourth-order valence-corrected chi connectivity index (χ4v) is 2.08. The summed E-state index contributed by atoms with van der Waals surface area (Å²) < 4.78 is 15.4. The average Bonchev–Trinajstić information content (AvgIpc) is 2.83. The molecule has 0 unspecified atom stereocenters. The van der Waals surface area contributed by atoms with Gasteiger partial charge < -0.3 is 19.5 Å². The van der Waals surface area contributed by atoms with E-state index < -0.39 is 5.97 Å². The van der Waals surface area contributed by atoms with Crippen LogP contribution in [0.5, 0.6) is 11.5 Å². The summed E-state index contributed by atoms with van der Waals surface area (Å²) in [6.07, 6.45) is 1.63. The number of hydrogen-bond donors (Lipinski definition) is 2. The summed E-state index contributed by atoms with van der Waals surface area (Å²) in [7, 11) is 1.49. The third kappa shape index (κ3) is 4.43. The highest BCUT2D eigenvalue weighted by molar-refractivity contribution is 7.80. The van der Waals surface area contributed by atoms with Crippen LogP contribution >= 0.6 is 12.2 Å². The molecule has 2 rings (SSSR count). The van der Waals surface area contributed by atoms with Crippen molar-refractivity contribution in [3.8, 4) is 11.5 Å². The maximum Gasteiger partial charge on any atom is 0.344 e. The minimum Gasteiger partial charge on any atom is -0.493 e. The number of ether oxygens (including phenoxy) is 3. The molecule has 1 aliphatic rings. The lowest BCUT2D eigenvalue weighted by Gasteiger charge is -2.11. The van der Waals surface area contributed by atoms with Gasteiger partial charge in [-0.25, -0.2) is 4.79 Å². The number of hydrogen-bond acceptors (Lipinski definition) is 6. The van der Waals surface area contributed by atoms with Crippen LogP contribution in [0.4, 0.5) is 0 Å². The Labute approximate surface area is 138 Å². The molecule has 0 saturated carbocycles. The first kappa shape index (κ1) is 16.8. The van der Waals surface area contributed by atoms with E-state index in [4.69, 9.17) is 26.4 Å². The van der Waals surface area contributed by atoms with Crippen molar-refractivity contribution in [3.63, 3.8) is 0 Å². The van der Waals surface area contributed by atoms with E-state index >= 15 is 0 Å². The Morgan fingerprint density at radius 2 is 2.09 bits per heavy atom. The highest BCUT2D eigenvalue weighted by Gasteiger charge is 2.20. The molecule has 7 nitrogen and oxygen atoms in total. The smallest absolute Gasteiger partial charge is 0.344 e. The van der Waals surface area contributed by atoms with Crippen LogP contribution in [-0.2, 0) is 14.3 Å². The molecular weight excluding hydrogens is 320 g/mol. The largest absolute Gasteiger partial charge is 0.493 e. The summed E-state index contributed by atoms with van der Waals surface area (Å²) >= 11 is 4.87. The molecule has 1 amide bonds. The van der Waals surface area contributed by atoms with Crippen molar-refractivity contribution in [1.82, 2.24) is 10.6 Å². The van der Waals surface area contributed by atoms with Crippen LogP contribution < -0.4 is 20.1 Å². The third-order valence-corrected chi connectivity index (χ3v) is 3.07. The second kappa shape index (κ2) is 7.59. The second-order valence-corrected chi connectivity index (χ2v) is 4.88. The lowest BCUT2D eigenvalue weighted by molar-refractivity contribution is -0.145. The van der Waals surface area contributed by atoms with E-state index in [-0.39, 0.29) is 17.6 Å². The van der Waals surface area contributed by atoms with Crippen LogP contribution in [0.2, 0.25) is 0 Å². The van der Waals surface area contributed by atoms with Gasteiger partial charge >= 0.3 is 5.97 Å². The van der Waals surface area contributed by atoms with Gasteiger partial charge in [-0.1, -0.05) is 6.07 Å². The van der Waals surface area contributed by atoms with Crippen LogP contribution in [0, 0.1) is 0 Å². The lowest BCUT2D eigenvalue weighted by Crippen LogP contribution is -2.21. The Bertz CT molecular complexity index is 672. The molecular formula is C15H16N2O5S. The average molecular weight is 336 g/mol. The van der Waals surface area contributed by atoms with Crippen molar-refractivity contribution >= 4 is 35.3 Å². The van der Waals surface area contributed by atoms with Gasteiger partial charge in [-0.05, 0) is 42.9 Å². The van der Waals surface area contributed by atoms with E-state index in [1.54, 1.807) is 31.2 Å². The Kier molecular flexibility index (Phi) is 5.53. The van der Waals surface area contributed by atoms with Crippen LogP contribution in [0.3, 0.4) is 0 Å². The van der Waals surface area contributed by atoms with Crippen molar-refractivity contribution in [1.29, 1.82) is 0 Å². The van der Waals surface area contributed by atoms with Crippen LogP contribution in [-0.4, -0.2) is 37.3 Å². The molecule has 1 aliphatic heterocycles. The summed E-state index contributed by atoms with van der Waals surface area (Å²) in [4.78, 5) is 22.9. The number of methoxy groups -OCH3 is 1. The maximum absolute atomic E-state index is 11.6. The standard InChI is InChI=1S/C15H16N2O5S/c1-3-21-13(18)8-22-11-5-4-9(7-12(11)20-2)6-10-14(19)17-15(23)16-10/h4-7H,3,8H2,1-2H3,(H2,16,17,19,23)/b10-6+. The first-order chi connectivity index (χ1) is 11.0. The van der Waals surface area contributed by atoms with Crippen LogP contribution in [0.1, 0.15) is 12.5 Å². The van der Waals surface area contributed by atoms with Gasteiger partial charge in [0.15, 0.2) is 23.2 Å². The Balaban J connectivity index is 2.13. The zero-order valence-corrected chi connectivity index (χ0v) is 13.5. The molecule has 23 heavy (non-hydrogen) atoms. The highest BCUT2D eigenvalue weighted by Crippen LogP contribution is 2.29. The number of esters is 1. The number of carbonyl (C=O) groups is 2. The third-order valence-electron chi connectivity index (χ3n) is 2.87. The van der Waals surface area contributed by atoms with Crippen molar-refractivity contribution in [2.75, 3.05) is 20.3 Å². The number of thiocarbonyl (C=S) groups is 1. The van der Waals surface area contributed by atoms with E-state index in [1.165, 1.54) is 7.11 Å². The first-order valence-electron chi connectivity index (χ1n) is 6.84. The van der Waals surface area contributed by atoms with E-state index in [0.717, 1.165) is 0 Å². The molecule has 0 spiro atoms. The van der Waals surface area contributed by atoms with Crippen molar-refractivity contribution < 1.29 is 23.8 Å². The number of rotatable bonds is 6. The molecule has 0 atom stereocenters. The molecule has 1 aromatic rings. The minimum absolute atomic E-state index is 0.205. The zero-order chi connectivity index (χ0) is 16.8. The fraction of sp³-hybridized carbons (Fsp3) is 0.267. The fourth-order valence-electron chi connectivity index (χ4n) is 1.88. The van der Waals surface area contributed by atoms with Gasteiger partial charge in [-0.3, -0.25) is 10.1 Å². The van der Waals surface area contributed by atoms with Crippen LogP contribution in [0.25, 0.3) is 6.08 Å². The van der Waals surface area contributed by atoms with Gasteiger partial charge in [-0.2, -0.15) is 0 Å². The number of nitrogens with one attached hydrogen (secondary N) is 2. The van der Waals surface area contributed by atoms with Crippen LogP contribution in [0.15, 0.2) is 23.9 Å². The Morgan fingerprint density at radius 3 is 2.70 bits per heavy atom. The Hall–Kier alpha value is -2.61. The zero-order valence-electron chi connectivity index (χ0n) is 12.7. The van der Waals surface area contributed by atoms with Crippen molar-refractivity contribution in [2.45, 2.75) is 6.92 Å². The molecule has 0 aromatic heterocycles. The predicted molar refractivity (Wildman–Crippen MR) is 87.0 cm³/mol. The van der Waals surface area contributed by atoms with Gasteiger partial charge in [0.05, 0.1) is 13.7 Å². The van der Waals surface area contributed by atoms with E-state index in [9.17, 15) is 9.59 Å². The molecule has 1 aromatic carbocycles. The molecule has 0 aliphatic carbocycles. The molecule has 8 heteroatoms. The number of amides is 1. The topological polar surface area (TPSA) is 85.9 Å². The second-order valence-electron chi connectivity index (χ2n) is 4.47. The SMILES string of the molecule is CCOC(=O)COc1ccc(/C=C2/NC(=S)NC2=O)cc1OC. The lowest BCUT2D eigenvalue weighted by atomic mass is 10.1. The summed E-state index contributed by atoms with van der Waals surface area (Å²) in [6, 6.07) is 5.06. The molecule has 1 fully saturated rings. The molecule has 2 N–H and O–H groups in total. The number of benzene rings is 1. The number of carbonyl (C=O) groups excluding carboxylic acids is 2. The predicted octanol–water partition coefficient (Wildman–Crippen LogP) is 0.982. The van der Waals surface area contributed by atoms with Gasteiger partial charge in [0.1, 0.15) is 5.70 Å². The molecule has 0 bridgehead atoms. The molecule has 0 radical (unpaired) electrons. The van der Waals surface area contributed by atoms with Crippen molar-refractivity contribution in [2.24, 2.45) is 0 Å². The van der Waals surface area contributed by atoms with E-state index in [2.05, 4.69) is 10.6 Å². The minimum atomic E-state index is -0.457. The van der Waals surface area contributed by atoms with Gasteiger partial charge in [-0.15, -0.1) is 0 Å².